The molecular weight excluding hydrogens is 517 g/mol. The summed E-state index contributed by atoms with van der Waals surface area (Å²) in [5.41, 5.74) is 2.88. The van der Waals surface area contributed by atoms with Crippen molar-refractivity contribution in [2.45, 2.75) is 51.9 Å². The quantitative estimate of drug-likeness (QED) is 0.438. The Hall–Kier alpha value is -3.61. The lowest BCUT2D eigenvalue weighted by atomic mass is 9.91. The van der Waals surface area contributed by atoms with E-state index in [1.807, 2.05) is 13.1 Å². The number of nitrogens with zero attached hydrogens (tertiary/aromatic N) is 5. The normalized spacial score (nSPS) is 16.1. The fourth-order valence-electron chi connectivity index (χ4n) is 4.89. The Balaban J connectivity index is 1.65. The van der Waals surface area contributed by atoms with E-state index in [0.29, 0.717) is 34.2 Å². The largest absolute Gasteiger partial charge is 0.494 e. The van der Waals surface area contributed by atoms with Gasteiger partial charge in [-0.2, -0.15) is 13.2 Å². The highest BCUT2D eigenvalue weighted by atomic mass is 19.4. The zero-order chi connectivity index (χ0) is 28.3. The van der Waals surface area contributed by atoms with E-state index in [2.05, 4.69) is 20.3 Å². The number of rotatable bonds is 8. The molecule has 0 aromatic carbocycles. The van der Waals surface area contributed by atoms with Crippen LogP contribution in [0.4, 0.5) is 18.0 Å². The van der Waals surface area contributed by atoms with E-state index in [-0.39, 0.29) is 32.6 Å². The van der Waals surface area contributed by atoms with Gasteiger partial charge < -0.3 is 28.8 Å². The van der Waals surface area contributed by atoms with Crippen molar-refractivity contribution in [2.24, 2.45) is 5.92 Å². The van der Waals surface area contributed by atoms with Crippen LogP contribution in [0.2, 0.25) is 0 Å². The van der Waals surface area contributed by atoms with Gasteiger partial charge >= 0.3 is 12.2 Å². The lowest BCUT2D eigenvalue weighted by Gasteiger charge is -2.35. The first-order valence-electron chi connectivity index (χ1n) is 12.7. The molecule has 1 saturated heterocycles. The summed E-state index contributed by atoms with van der Waals surface area (Å²) in [6.07, 6.45) is 0.987. The molecule has 2 atom stereocenters. The minimum absolute atomic E-state index is 0.167. The third-order valence-corrected chi connectivity index (χ3v) is 6.97. The molecule has 1 N–H and O–H groups in total. The van der Waals surface area contributed by atoms with Crippen LogP contribution in [0.1, 0.15) is 44.1 Å². The minimum Gasteiger partial charge on any atom is -0.494 e. The summed E-state index contributed by atoms with van der Waals surface area (Å²) < 4.78 is 59.8. The van der Waals surface area contributed by atoms with Crippen LogP contribution in [0.5, 0.6) is 11.6 Å². The Morgan fingerprint density at radius 3 is 2.56 bits per heavy atom. The van der Waals surface area contributed by atoms with E-state index in [4.69, 9.17) is 14.2 Å². The highest BCUT2D eigenvalue weighted by molar-refractivity contribution is 5.75. The van der Waals surface area contributed by atoms with Gasteiger partial charge in [0.05, 0.1) is 43.5 Å². The molecule has 1 unspecified atom stereocenters. The van der Waals surface area contributed by atoms with Gasteiger partial charge in [-0.3, -0.25) is 4.98 Å². The predicted octanol–water partition coefficient (Wildman–Crippen LogP) is 4.57. The molecule has 0 spiro atoms. The summed E-state index contributed by atoms with van der Waals surface area (Å²) >= 11 is 0. The van der Waals surface area contributed by atoms with Crippen LogP contribution in [-0.2, 0) is 4.74 Å². The minimum atomic E-state index is -4.58. The molecule has 2 amide bonds. The van der Waals surface area contributed by atoms with Crippen LogP contribution >= 0.6 is 0 Å². The van der Waals surface area contributed by atoms with Crippen LogP contribution in [0, 0.1) is 12.8 Å². The predicted molar refractivity (Wildman–Crippen MR) is 137 cm³/mol. The Bertz CT molecular complexity index is 1310. The first-order valence-corrected chi connectivity index (χ1v) is 12.7. The number of hydrogen-bond acceptors (Lipinski definition) is 7. The molecule has 13 heteroatoms. The highest BCUT2D eigenvalue weighted by Gasteiger charge is 2.46. The smallest absolute Gasteiger partial charge is 0.408 e. The monoisotopic (exact) mass is 550 g/mol. The number of imidazole rings is 1. The number of urea groups is 1. The second-order valence-corrected chi connectivity index (χ2v) is 9.44. The van der Waals surface area contributed by atoms with Crippen LogP contribution < -0.4 is 14.8 Å². The van der Waals surface area contributed by atoms with E-state index in [1.165, 1.54) is 25.3 Å². The molecule has 39 heavy (non-hydrogen) atoms. The van der Waals surface area contributed by atoms with Crippen molar-refractivity contribution in [1.29, 1.82) is 0 Å². The van der Waals surface area contributed by atoms with E-state index < -0.39 is 30.2 Å². The van der Waals surface area contributed by atoms with E-state index in [9.17, 15) is 18.0 Å². The summed E-state index contributed by atoms with van der Waals surface area (Å²) in [6.45, 7) is 5.93. The Kier molecular flexibility index (Phi) is 8.48. The molecule has 4 rings (SSSR count). The standard InChI is InChI=1S/C26H33F3N6O4/c1-6-35(25(36)33-22(26(27,28)29)17-7-9-39-10-8-17)16(3)19-11-18(21(37-4)12-30-19)20-14-34-13-15(2)31-23(34)24(32-20)38-5/h11-14,16-17,22H,6-10H2,1-5H3,(H,33,36)/t16-,22?/m1/s1. The van der Waals surface area contributed by atoms with Crippen LogP contribution in [0.15, 0.2) is 24.7 Å². The number of amides is 2. The molecule has 1 aliphatic rings. The van der Waals surface area contributed by atoms with Crippen molar-refractivity contribution in [3.63, 3.8) is 0 Å². The number of aromatic nitrogens is 4. The number of fused-ring (bicyclic) bond motifs is 1. The van der Waals surface area contributed by atoms with Crippen LogP contribution in [0.3, 0.4) is 0 Å². The molecule has 0 bridgehead atoms. The number of hydrogen-bond donors (Lipinski definition) is 1. The highest BCUT2D eigenvalue weighted by Crippen LogP contribution is 2.34. The summed E-state index contributed by atoms with van der Waals surface area (Å²) in [7, 11) is 3.00. The van der Waals surface area contributed by atoms with E-state index in [1.54, 1.807) is 30.5 Å². The second-order valence-electron chi connectivity index (χ2n) is 9.44. The van der Waals surface area contributed by atoms with Gasteiger partial charge in [-0.25, -0.2) is 14.8 Å². The molecule has 1 aliphatic heterocycles. The van der Waals surface area contributed by atoms with Gasteiger partial charge in [0.15, 0.2) is 0 Å². The molecule has 0 saturated carbocycles. The number of carbonyl (C=O) groups is 1. The number of ether oxygens (including phenoxy) is 3. The number of alkyl halides is 3. The molecule has 1 fully saturated rings. The first kappa shape index (κ1) is 28.4. The van der Waals surface area contributed by atoms with Gasteiger partial charge in [0.1, 0.15) is 11.8 Å². The van der Waals surface area contributed by atoms with Gasteiger partial charge in [0, 0.05) is 37.7 Å². The molecule has 4 heterocycles. The van der Waals surface area contributed by atoms with Crippen molar-refractivity contribution in [1.82, 2.24) is 29.6 Å². The summed E-state index contributed by atoms with van der Waals surface area (Å²) in [5, 5.41) is 2.25. The van der Waals surface area contributed by atoms with Crippen LogP contribution in [0.25, 0.3) is 16.9 Å². The number of pyridine rings is 1. The molecular formula is C26H33F3N6O4. The Labute approximate surface area is 224 Å². The lowest BCUT2D eigenvalue weighted by molar-refractivity contribution is -0.171. The maximum absolute atomic E-state index is 13.9. The number of methoxy groups -OCH3 is 2. The Morgan fingerprint density at radius 2 is 1.95 bits per heavy atom. The summed E-state index contributed by atoms with van der Waals surface area (Å²) in [6, 6.07) is -1.70. The fraction of sp³-hybridized carbons (Fsp3) is 0.538. The van der Waals surface area contributed by atoms with Crippen molar-refractivity contribution in [3.8, 4) is 22.9 Å². The summed E-state index contributed by atoms with van der Waals surface area (Å²) in [5.74, 6) is 0.000913. The van der Waals surface area contributed by atoms with Gasteiger partial charge in [-0.05, 0) is 45.6 Å². The number of aryl methyl sites for hydroxylation is 1. The second kappa shape index (κ2) is 11.6. The molecule has 212 valence electrons. The fourth-order valence-corrected chi connectivity index (χ4v) is 4.89. The topological polar surface area (TPSA) is 103 Å². The SMILES string of the molecule is CCN(C(=O)NC(C1CCOCC1)C(F)(F)F)[C@H](C)c1cc(-c2cn3cc(C)nc3c(OC)n2)c(OC)cn1. The van der Waals surface area contributed by atoms with Gasteiger partial charge in [0.25, 0.3) is 5.88 Å². The molecule has 3 aromatic rings. The van der Waals surface area contributed by atoms with E-state index >= 15 is 0 Å². The maximum atomic E-state index is 13.9. The average Bonchev–Trinajstić information content (AvgIpc) is 3.31. The van der Waals surface area contributed by atoms with Gasteiger partial charge in [0.2, 0.25) is 5.65 Å². The lowest BCUT2D eigenvalue weighted by Crippen LogP contribution is -2.55. The number of nitrogens with one attached hydrogen (secondary N) is 1. The van der Waals surface area contributed by atoms with Gasteiger partial charge in [-0.1, -0.05) is 0 Å². The maximum Gasteiger partial charge on any atom is 0.408 e. The average molecular weight is 551 g/mol. The zero-order valence-electron chi connectivity index (χ0n) is 22.6. The summed E-state index contributed by atoms with van der Waals surface area (Å²) in [4.78, 5) is 28.0. The van der Waals surface area contributed by atoms with Crippen molar-refractivity contribution >= 4 is 11.7 Å². The van der Waals surface area contributed by atoms with Crippen molar-refractivity contribution < 1.29 is 32.2 Å². The molecule has 3 aromatic heterocycles. The zero-order valence-corrected chi connectivity index (χ0v) is 22.6. The first-order chi connectivity index (χ1) is 18.6. The van der Waals surface area contributed by atoms with E-state index in [0.717, 1.165) is 5.69 Å². The Morgan fingerprint density at radius 1 is 1.23 bits per heavy atom. The molecule has 0 radical (unpaired) electrons. The molecule has 10 nitrogen and oxygen atoms in total. The van der Waals surface area contributed by atoms with Crippen molar-refractivity contribution in [3.05, 3.63) is 36.0 Å². The van der Waals surface area contributed by atoms with Gasteiger partial charge in [-0.15, -0.1) is 0 Å². The third kappa shape index (κ3) is 6.02. The van der Waals surface area contributed by atoms with Crippen molar-refractivity contribution in [2.75, 3.05) is 34.0 Å². The number of halogens is 3. The third-order valence-electron chi connectivity index (χ3n) is 6.97. The number of carbonyl (C=O) groups excluding carboxylic acids is 1. The molecule has 0 aliphatic carbocycles. The van der Waals surface area contributed by atoms with Crippen LogP contribution in [-0.4, -0.2) is 76.5 Å².